The van der Waals surface area contributed by atoms with Crippen LogP contribution < -0.4 is 5.32 Å². The van der Waals surface area contributed by atoms with E-state index >= 15 is 0 Å². The zero-order valence-electron chi connectivity index (χ0n) is 11.1. The van der Waals surface area contributed by atoms with E-state index in [9.17, 15) is 0 Å². The quantitative estimate of drug-likeness (QED) is 0.571. The highest BCUT2D eigenvalue weighted by Gasteiger charge is 2.05. The van der Waals surface area contributed by atoms with Crippen LogP contribution in [0.25, 0.3) is 22.1 Å². The van der Waals surface area contributed by atoms with E-state index < -0.39 is 0 Å². The number of fused-ring (bicyclic) bond motifs is 2. The predicted molar refractivity (Wildman–Crippen MR) is 79.0 cm³/mol. The Balaban J connectivity index is 2.09. The fourth-order valence-electron chi connectivity index (χ4n) is 2.24. The van der Waals surface area contributed by atoms with Crippen molar-refractivity contribution in [1.29, 1.82) is 0 Å². The second-order valence-electron chi connectivity index (χ2n) is 4.67. The van der Waals surface area contributed by atoms with E-state index in [1.165, 1.54) is 5.56 Å². The van der Waals surface area contributed by atoms with Crippen molar-refractivity contribution < 1.29 is 0 Å². The van der Waals surface area contributed by atoms with Crippen LogP contribution in [-0.4, -0.2) is 16.5 Å². The monoisotopic (exact) mass is 251 g/mol. The minimum atomic E-state index is 0.845. The van der Waals surface area contributed by atoms with Crippen LogP contribution in [0.15, 0.2) is 42.5 Å². The molecule has 0 saturated heterocycles. The molecule has 0 amide bonds. The Morgan fingerprint density at radius 2 is 1.63 bits per heavy atom. The van der Waals surface area contributed by atoms with Crippen molar-refractivity contribution >= 4 is 22.1 Å². The molecule has 3 aromatic rings. The number of benzene rings is 2. The maximum Gasteiger partial charge on any atom is 0.0939 e. The van der Waals surface area contributed by atoms with Gasteiger partial charge >= 0.3 is 0 Å². The maximum absolute atomic E-state index is 4.75. The number of nitrogens with zero attached hydrogens (tertiary/aromatic N) is 2. The molecule has 0 aliphatic rings. The van der Waals surface area contributed by atoms with Gasteiger partial charge in [0.2, 0.25) is 0 Å². The molecule has 0 aliphatic heterocycles. The molecule has 0 saturated carbocycles. The van der Waals surface area contributed by atoms with Crippen LogP contribution in [0.1, 0.15) is 18.9 Å². The molecule has 0 atom stereocenters. The van der Waals surface area contributed by atoms with Crippen molar-refractivity contribution in [2.45, 2.75) is 19.9 Å². The number of para-hydroxylation sites is 3. The fraction of sp³-hybridized carbons (Fsp3) is 0.250. The lowest BCUT2D eigenvalue weighted by Gasteiger charge is -2.07. The number of rotatable bonds is 4. The second kappa shape index (κ2) is 5.33. The van der Waals surface area contributed by atoms with Gasteiger partial charge in [-0.05, 0) is 36.7 Å². The summed E-state index contributed by atoms with van der Waals surface area (Å²) in [5, 5.41) is 3.42. The van der Waals surface area contributed by atoms with Gasteiger partial charge < -0.3 is 5.32 Å². The Kier molecular flexibility index (Phi) is 3.38. The van der Waals surface area contributed by atoms with Crippen LogP contribution in [-0.2, 0) is 6.54 Å². The third-order valence-corrected chi connectivity index (χ3v) is 3.20. The normalized spacial score (nSPS) is 11.2. The molecule has 19 heavy (non-hydrogen) atoms. The van der Waals surface area contributed by atoms with Gasteiger partial charge in [-0.3, -0.25) is 0 Å². The molecule has 2 aromatic carbocycles. The lowest BCUT2D eigenvalue weighted by Crippen LogP contribution is -2.14. The van der Waals surface area contributed by atoms with Gasteiger partial charge in [0, 0.05) is 6.54 Å². The highest BCUT2D eigenvalue weighted by atomic mass is 14.9. The van der Waals surface area contributed by atoms with Crippen molar-refractivity contribution in [2.75, 3.05) is 6.54 Å². The average Bonchev–Trinajstić information content (AvgIpc) is 2.46. The molecular weight excluding hydrogens is 234 g/mol. The third kappa shape index (κ3) is 2.42. The molecule has 96 valence electrons. The van der Waals surface area contributed by atoms with E-state index in [0.717, 1.165) is 41.6 Å². The van der Waals surface area contributed by atoms with Gasteiger partial charge in [0.05, 0.1) is 22.1 Å². The van der Waals surface area contributed by atoms with Crippen molar-refractivity contribution in [3.8, 4) is 0 Å². The molecule has 0 bridgehead atoms. The first-order valence-corrected chi connectivity index (χ1v) is 6.73. The molecule has 0 unspecified atom stereocenters. The Morgan fingerprint density at radius 3 is 2.42 bits per heavy atom. The first-order chi connectivity index (χ1) is 9.38. The van der Waals surface area contributed by atoms with Crippen molar-refractivity contribution in [2.24, 2.45) is 0 Å². The van der Waals surface area contributed by atoms with Crippen molar-refractivity contribution in [3.63, 3.8) is 0 Å². The van der Waals surface area contributed by atoms with Crippen LogP contribution in [0.2, 0.25) is 0 Å². The molecule has 1 aromatic heterocycles. The van der Waals surface area contributed by atoms with E-state index in [4.69, 9.17) is 4.98 Å². The standard InChI is InChI=1S/C16H17N3/c1-2-10-17-11-12-6-5-9-15-16(12)19-14-8-4-3-7-13(14)18-15/h3-9,17H,2,10-11H2,1H3. The molecule has 0 radical (unpaired) electrons. The lowest BCUT2D eigenvalue weighted by atomic mass is 10.1. The zero-order chi connectivity index (χ0) is 13.1. The summed E-state index contributed by atoms with van der Waals surface area (Å²) in [6.07, 6.45) is 1.14. The van der Waals surface area contributed by atoms with Crippen LogP contribution >= 0.6 is 0 Å². The number of nitrogens with one attached hydrogen (secondary N) is 1. The molecule has 3 nitrogen and oxygen atoms in total. The van der Waals surface area contributed by atoms with E-state index in [2.05, 4.69) is 29.4 Å². The van der Waals surface area contributed by atoms with Gasteiger partial charge in [-0.25, -0.2) is 9.97 Å². The summed E-state index contributed by atoms with van der Waals surface area (Å²) < 4.78 is 0. The molecule has 0 fully saturated rings. The summed E-state index contributed by atoms with van der Waals surface area (Å²) >= 11 is 0. The lowest BCUT2D eigenvalue weighted by molar-refractivity contribution is 0.677. The smallest absolute Gasteiger partial charge is 0.0939 e. The third-order valence-electron chi connectivity index (χ3n) is 3.20. The van der Waals surface area contributed by atoms with Crippen molar-refractivity contribution in [1.82, 2.24) is 15.3 Å². The molecule has 3 rings (SSSR count). The molecular formula is C16H17N3. The largest absolute Gasteiger partial charge is 0.313 e. The minimum Gasteiger partial charge on any atom is -0.313 e. The Hall–Kier alpha value is -2.00. The molecule has 3 heteroatoms. The van der Waals surface area contributed by atoms with E-state index in [1.54, 1.807) is 0 Å². The van der Waals surface area contributed by atoms with Crippen LogP contribution in [0.5, 0.6) is 0 Å². The van der Waals surface area contributed by atoms with Gasteiger partial charge in [0.25, 0.3) is 0 Å². The highest BCUT2D eigenvalue weighted by Crippen LogP contribution is 2.19. The molecule has 1 N–H and O–H groups in total. The van der Waals surface area contributed by atoms with Crippen LogP contribution in [0, 0.1) is 0 Å². The summed E-state index contributed by atoms with van der Waals surface area (Å²) in [5.74, 6) is 0. The Labute approximate surface area is 112 Å². The van der Waals surface area contributed by atoms with E-state index in [0.29, 0.717) is 0 Å². The minimum absolute atomic E-state index is 0.845. The van der Waals surface area contributed by atoms with Gasteiger partial charge in [0.15, 0.2) is 0 Å². The highest BCUT2D eigenvalue weighted by molar-refractivity contribution is 5.87. The van der Waals surface area contributed by atoms with Crippen LogP contribution in [0.3, 0.4) is 0 Å². The van der Waals surface area contributed by atoms with E-state index in [1.807, 2.05) is 30.3 Å². The topological polar surface area (TPSA) is 37.8 Å². The molecule has 0 aliphatic carbocycles. The number of hydrogen-bond donors (Lipinski definition) is 1. The Bertz CT molecular complexity index is 707. The van der Waals surface area contributed by atoms with Crippen LogP contribution in [0.4, 0.5) is 0 Å². The maximum atomic E-state index is 4.75. The van der Waals surface area contributed by atoms with Gasteiger partial charge in [0.1, 0.15) is 0 Å². The fourth-order valence-corrected chi connectivity index (χ4v) is 2.24. The molecule has 0 spiro atoms. The number of aromatic nitrogens is 2. The zero-order valence-corrected chi connectivity index (χ0v) is 11.1. The molecule has 1 heterocycles. The summed E-state index contributed by atoms with van der Waals surface area (Å²) in [6.45, 7) is 4.04. The average molecular weight is 251 g/mol. The number of hydrogen-bond acceptors (Lipinski definition) is 3. The summed E-state index contributed by atoms with van der Waals surface area (Å²) in [5.41, 5.74) is 5.09. The SMILES string of the molecule is CCCNCc1cccc2nc3ccccc3nc12. The first-order valence-electron chi connectivity index (χ1n) is 6.73. The first kappa shape index (κ1) is 12.1. The van der Waals surface area contributed by atoms with E-state index in [-0.39, 0.29) is 0 Å². The van der Waals surface area contributed by atoms with Gasteiger partial charge in [-0.1, -0.05) is 31.2 Å². The predicted octanol–water partition coefficient (Wildman–Crippen LogP) is 3.28. The van der Waals surface area contributed by atoms with Gasteiger partial charge in [-0.2, -0.15) is 0 Å². The summed E-state index contributed by atoms with van der Waals surface area (Å²) in [7, 11) is 0. The second-order valence-corrected chi connectivity index (χ2v) is 4.67. The van der Waals surface area contributed by atoms with Gasteiger partial charge in [-0.15, -0.1) is 0 Å². The summed E-state index contributed by atoms with van der Waals surface area (Å²) in [6, 6.07) is 14.2. The Morgan fingerprint density at radius 1 is 0.895 bits per heavy atom. The van der Waals surface area contributed by atoms with Crippen molar-refractivity contribution in [3.05, 3.63) is 48.0 Å². The summed E-state index contributed by atoms with van der Waals surface area (Å²) in [4.78, 5) is 9.43.